The molecule has 4 aliphatic carbocycles. The average Bonchev–Trinajstić information content (AvgIpc) is 2.28. The molecule has 4 bridgehead atoms. The van der Waals surface area contributed by atoms with Gasteiger partial charge in [-0.3, -0.25) is 4.99 Å². The summed E-state index contributed by atoms with van der Waals surface area (Å²) in [5.74, 6) is 1.14. The predicted molar refractivity (Wildman–Crippen MR) is 91.0 cm³/mol. The van der Waals surface area contributed by atoms with Crippen molar-refractivity contribution in [3.8, 4) is 0 Å². The molecule has 4 rings (SSSR count). The van der Waals surface area contributed by atoms with Crippen LogP contribution in [-0.4, -0.2) is 28.8 Å². The van der Waals surface area contributed by atoms with Gasteiger partial charge < -0.3 is 20.0 Å². The van der Waals surface area contributed by atoms with E-state index in [0.29, 0.717) is 16.7 Å². The van der Waals surface area contributed by atoms with Crippen LogP contribution in [0.25, 0.3) is 0 Å². The maximum atomic E-state index is 9.08. The van der Waals surface area contributed by atoms with Gasteiger partial charge in [-0.1, -0.05) is 13.8 Å². The van der Waals surface area contributed by atoms with E-state index in [1.807, 2.05) is 0 Å². The van der Waals surface area contributed by atoms with Crippen molar-refractivity contribution in [2.45, 2.75) is 52.4 Å². The molecule has 4 fully saturated rings. The summed E-state index contributed by atoms with van der Waals surface area (Å²) in [6, 6.07) is 0. The van der Waals surface area contributed by atoms with E-state index in [9.17, 15) is 0 Å². The molecule has 0 aromatic heterocycles. The first kappa shape index (κ1) is 16.8. The molecule has 22 heavy (non-hydrogen) atoms. The van der Waals surface area contributed by atoms with E-state index in [2.05, 4.69) is 30.6 Å². The molecule has 4 N–H and O–H groups in total. The number of nitrogens with two attached hydrogens (primary N) is 1. The third kappa shape index (κ3) is 3.57. The molecule has 5 nitrogen and oxygen atoms in total. The number of hydrogen-bond acceptors (Lipinski definition) is 3. The molecular formula is C15H27N2O3PS. The second-order valence-corrected chi connectivity index (χ2v) is 11.4. The van der Waals surface area contributed by atoms with Gasteiger partial charge in [-0.15, -0.1) is 0 Å². The fraction of sp³-hybridized carbons (Fsp3) is 0.933. The summed E-state index contributed by atoms with van der Waals surface area (Å²) in [5, 5.41) is 0. The predicted octanol–water partition coefficient (Wildman–Crippen LogP) is 2.57. The molecule has 126 valence electrons. The van der Waals surface area contributed by atoms with Crippen molar-refractivity contribution in [3.05, 3.63) is 0 Å². The highest BCUT2D eigenvalue weighted by molar-refractivity contribution is 8.06. The van der Waals surface area contributed by atoms with Crippen molar-refractivity contribution >= 4 is 24.4 Å². The van der Waals surface area contributed by atoms with Crippen LogP contribution in [0.5, 0.6) is 0 Å². The van der Waals surface area contributed by atoms with E-state index in [1.165, 1.54) is 38.5 Å². The minimum Gasteiger partial charge on any atom is -0.386 e. The zero-order valence-corrected chi connectivity index (χ0v) is 15.1. The molecule has 0 aliphatic heterocycles. The lowest BCUT2D eigenvalue weighted by molar-refractivity contribution is -0.140. The molecule has 4 aliphatic rings. The van der Waals surface area contributed by atoms with Crippen LogP contribution in [-0.2, 0) is 16.3 Å². The van der Waals surface area contributed by atoms with Crippen LogP contribution < -0.4 is 5.73 Å². The van der Waals surface area contributed by atoms with Crippen molar-refractivity contribution in [1.29, 1.82) is 0 Å². The smallest absolute Gasteiger partial charge is 0.322 e. The lowest BCUT2D eigenvalue weighted by Crippen LogP contribution is -2.56. The quantitative estimate of drug-likeness (QED) is 0.404. The van der Waals surface area contributed by atoms with Gasteiger partial charge in [0, 0.05) is 6.54 Å². The van der Waals surface area contributed by atoms with Gasteiger partial charge in [-0.05, 0) is 72.5 Å². The molecule has 0 radical (unpaired) electrons. The van der Waals surface area contributed by atoms with Crippen LogP contribution in [0, 0.1) is 22.2 Å². The van der Waals surface area contributed by atoms with Crippen LogP contribution in [0.4, 0.5) is 0 Å². The monoisotopic (exact) mass is 346 g/mol. The molecular weight excluding hydrogens is 319 g/mol. The second kappa shape index (κ2) is 5.25. The molecule has 0 spiro atoms. The highest BCUT2D eigenvalue weighted by Gasteiger charge is 2.59. The number of hydrogen-bond donors (Lipinski definition) is 3. The SMILES string of the molecule is CC12CC3CC(C)(C1)CC(CN=C(N)COP(O)(O)=S)(C3)C2. The Labute approximate surface area is 137 Å². The largest absolute Gasteiger partial charge is 0.386 e. The van der Waals surface area contributed by atoms with Gasteiger partial charge in [0.1, 0.15) is 12.4 Å². The van der Waals surface area contributed by atoms with Crippen molar-refractivity contribution in [1.82, 2.24) is 0 Å². The lowest BCUT2D eigenvalue weighted by atomic mass is 9.40. The Bertz CT molecular complexity index is 529. The first-order chi connectivity index (χ1) is 10.0. The summed E-state index contributed by atoms with van der Waals surface area (Å²) in [6.45, 7) is 1.85. The molecule has 0 amide bonds. The van der Waals surface area contributed by atoms with E-state index in [4.69, 9.17) is 20.0 Å². The van der Waals surface area contributed by atoms with Gasteiger partial charge in [0.2, 0.25) is 0 Å². The average molecular weight is 346 g/mol. The van der Waals surface area contributed by atoms with Crippen molar-refractivity contribution < 1.29 is 14.3 Å². The minimum absolute atomic E-state index is 0.0989. The highest BCUT2D eigenvalue weighted by atomic mass is 32.5. The fourth-order valence-corrected chi connectivity index (χ4v) is 6.78. The van der Waals surface area contributed by atoms with Crippen LogP contribution >= 0.6 is 6.72 Å². The molecule has 0 heterocycles. The summed E-state index contributed by atoms with van der Waals surface area (Å²) in [4.78, 5) is 22.7. The molecule has 0 aromatic carbocycles. The van der Waals surface area contributed by atoms with Crippen LogP contribution in [0.2, 0.25) is 0 Å². The molecule has 0 aromatic rings. The van der Waals surface area contributed by atoms with Gasteiger partial charge >= 0.3 is 6.72 Å². The summed E-state index contributed by atoms with van der Waals surface area (Å²) >= 11 is 4.42. The second-order valence-electron chi connectivity index (χ2n) is 8.70. The number of aliphatic imine (C=N–C) groups is 1. The van der Waals surface area contributed by atoms with Crippen molar-refractivity contribution in [2.75, 3.05) is 13.2 Å². The Morgan fingerprint density at radius 2 is 1.82 bits per heavy atom. The normalized spacial score (nSPS) is 44.5. The molecule has 2 atom stereocenters. The third-order valence-corrected chi connectivity index (χ3v) is 6.52. The third-order valence-electron chi connectivity index (χ3n) is 5.74. The first-order valence-corrected chi connectivity index (χ1v) is 10.6. The number of nitrogens with zero attached hydrogens (tertiary/aromatic N) is 1. The van der Waals surface area contributed by atoms with E-state index >= 15 is 0 Å². The molecule has 2 unspecified atom stereocenters. The minimum atomic E-state index is -3.65. The van der Waals surface area contributed by atoms with E-state index < -0.39 is 6.72 Å². The summed E-state index contributed by atoms with van der Waals surface area (Å²) in [5.41, 5.74) is 7.05. The van der Waals surface area contributed by atoms with Gasteiger partial charge in [0.15, 0.2) is 0 Å². The Hall–Kier alpha value is -0.0000000000000000833. The fourth-order valence-electron chi connectivity index (χ4n) is 6.33. The van der Waals surface area contributed by atoms with Crippen molar-refractivity contribution in [2.24, 2.45) is 32.9 Å². The van der Waals surface area contributed by atoms with Gasteiger partial charge in [-0.2, -0.15) is 0 Å². The van der Waals surface area contributed by atoms with Gasteiger partial charge in [0.05, 0.1) is 0 Å². The lowest BCUT2D eigenvalue weighted by Gasteiger charge is -2.65. The zero-order valence-electron chi connectivity index (χ0n) is 13.4. The molecule has 4 saturated carbocycles. The zero-order chi connectivity index (χ0) is 16.2. The van der Waals surface area contributed by atoms with E-state index in [1.54, 1.807) is 0 Å². The standard InChI is InChI=1S/C15H27N2O3PS/c1-13-3-11-4-14(2,7-13)9-15(5-11,8-13)10-17-12(16)6-20-21(18,19)22/h11H,3-10H2,1-2H3,(H2,16,17)(H2,18,19,22). The van der Waals surface area contributed by atoms with E-state index in [-0.39, 0.29) is 12.0 Å². The maximum Gasteiger partial charge on any atom is 0.322 e. The summed E-state index contributed by atoms with van der Waals surface area (Å²) in [6.07, 6.45) is 7.81. The number of amidine groups is 1. The number of rotatable bonds is 5. The highest BCUT2D eigenvalue weighted by Crippen LogP contribution is 2.69. The van der Waals surface area contributed by atoms with Crippen LogP contribution in [0.15, 0.2) is 4.99 Å². The Morgan fingerprint density at radius 3 is 2.32 bits per heavy atom. The first-order valence-electron chi connectivity index (χ1n) is 8.00. The van der Waals surface area contributed by atoms with E-state index in [0.717, 1.165) is 12.5 Å². The van der Waals surface area contributed by atoms with Crippen LogP contribution in [0.1, 0.15) is 52.4 Å². The Kier molecular flexibility index (Phi) is 4.02. The van der Waals surface area contributed by atoms with Crippen LogP contribution in [0.3, 0.4) is 0 Å². The summed E-state index contributed by atoms with van der Waals surface area (Å²) in [7, 11) is 0. The van der Waals surface area contributed by atoms with Crippen molar-refractivity contribution in [3.63, 3.8) is 0 Å². The topological polar surface area (TPSA) is 88.1 Å². The van der Waals surface area contributed by atoms with Gasteiger partial charge in [0.25, 0.3) is 0 Å². The Morgan fingerprint density at radius 1 is 1.23 bits per heavy atom. The summed E-state index contributed by atoms with van der Waals surface area (Å²) < 4.78 is 4.78. The van der Waals surface area contributed by atoms with Gasteiger partial charge in [-0.25, -0.2) is 0 Å². The maximum absolute atomic E-state index is 9.08. The Balaban J connectivity index is 1.68. The molecule has 0 saturated heterocycles. The molecule has 7 heteroatoms.